The summed E-state index contributed by atoms with van der Waals surface area (Å²) in [5.41, 5.74) is 8.19. The van der Waals surface area contributed by atoms with E-state index in [2.05, 4.69) is 22.9 Å². The van der Waals surface area contributed by atoms with Crippen LogP contribution in [0.1, 0.15) is 30.6 Å². The van der Waals surface area contributed by atoms with Crippen molar-refractivity contribution in [2.45, 2.75) is 26.3 Å². The van der Waals surface area contributed by atoms with Crippen LogP contribution in [0.2, 0.25) is 0 Å². The van der Waals surface area contributed by atoms with Crippen LogP contribution in [0.25, 0.3) is 0 Å². The molecule has 0 bridgehead atoms. The second kappa shape index (κ2) is 6.02. The standard InChI is InChI=1S/C14H22N4O/c1-3-13(15)12-4-5-14(16-11(12)2)18-8-6-17(10-19)7-9-18/h4-5,10,13H,3,6-9,15H2,1-2H3/t13-/m1/s1. The van der Waals surface area contributed by atoms with Gasteiger partial charge in [-0.3, -0.25) is 4.79 Å². The van der Waals surface area contributed by atoms with Crippen molar-refractivity contribution in [1.29, 1.82) is 0 Å². The molecular formula is C14H22N4O. The van der Waals surface area contributed by atoms with Crippen molar-refractivity contribution in [2.75, 3.05) is 31.1 Å². The quantitative estimate of drug-likeness (QED) is 0.825. The van der Waals surface area contributed by atoms with E-state index in [0.29, 0.717) is 0 Å². The topological polar surface area (TPSA) is 62.5 Å². The molecule has 0 saturated carbocycles. The predicted molar refractivity (Wildman–Crippen MR) is 76.0 cm³/mol. The molecule has 0 radical (unpaired) electrons. The number of carbonyl (C=O) groups is 1. The Morgan fingerprint density at radius 2 is 2.05 bits per heavy atom. The Morgan fingerprint density at radius 1 is 1.37 bits per heavy atom. The maximum absolute atomic E-state index is 10.7. The fourth-order valence-electron chi connectivity index (χ4n) is 2.40. The lowest BCUT2D eigenvalue weighted by Crippen LogP contribution is -2.46. The minimum absolute atomic E-state index is 0.0634. The lowest BCUT2D eigenvalue weighted by molar-refractivity contribution is -0.118. The Bertz CT molecular complexity index is 441. The number of rotatable bonds is 4. The summed E-state index contributed by atoms with van der Waals surface area (Å²) in [4.78, 5) is 19.4. The molecule has 0 aliphatic carbocycles. The highest BCUT2D eigenvalue weighted by atomic mass is 16.1. The molecule has 2 N–H and O–H groups in total. The highest BCUT2D eigenvalue weighted by Gasteiger charge is 2.17. The number of amides is 1. The first-order chi connectivity index (χ1) is 9.15. The SMILES string of the molecule is CC[C@@H](N)c1ccc(N2CCN(C=O)CC2)nc1C. The Hall–Kier alpha value is -1.62. The number of anilines is 1. The molecule has 1 aromatic rings. The van der Waals surface area contributed by atoms with E-state index in [-0.39, 0.29) is 6.04 Å². The first kappa shape index (κ1) is 13.8. The average molecular weight is 262 g/mol. The Labute approximate surface area is 114 Å². The van der Waals surface area contributed by atoms with E-state index in [9.17, 15) is 4.79 Å². The number of aromatic nitrogens is 1. The van der Waals surface area contributed by atoms with Crippen LogP contribution in [-0.2, 0) is 4.79 Å². The zero-order chi connectivity index (χ0) is 13.8. The number of aryl methyl sites for hydroxylation is 1. The fraction of sp³-hybridized carbons (Fsp3) is 0.571. The van der Waals surface area contributed by atoms with Gasteiger partial charge >= 0.3 is 0 Å². The van der Waals surface area contributed by atoms with Crippen LogP contribution in [0.15, 0.2) is 12.1 Å². The van der Waals surface area contributed by atoms with E-state index >= 15 is 0 Å². The third-order valence-electron chi connectivity index (χ3n) is 3.74. The van der Waals surface area contributed by atoms with Gasteiger partial charge in [0, 0.05) is 37.9 Å². The van der Waals surface area contributed by atoms with Crippen molar-refractivity contribution in [1.82, 2.24) is 9.88 Å². The van der Waals surface area contributed by atoms with Crippen molar-refractivity contribution < 1.29 is 4.79 Å². The summed E-state index contributed by atoms with van der Waals surface area (Å²) < 4.78 is 0. The summed E-state index contributed by atoms with van der Waals surface area (Å²) in [5, 5.41) is 0. The van der Waals surface area contributed by atoms with E-state index in [1.165, 1.54) is 0 Å². The van der Waals surface area contributed by atoms with Gasteiger partial charge in [0.05, 0.1) is 0 Å². The van der Waals surface area contributed by atoms with E-state index in [1.54, 1.807) is 4.90 Å². The normalized spacial score (nSPS) is 17.4. The summed E-state index contributed by atoms with van der Waals surface area (Å²) in [6, 6.07) is 4.18. The Morgan fingerprint density at radius 3 is 2.58 bits per heavy atom. The molecule has 1 aromatic heterocycles. The number of pyridine rings is 1. The van der Waals surface area contributed by atoms with Crippen LogP contribution in [0.3, 0.4) is 0 Å². The largest absolute Gasteiger partial charge is 0.353 e. The molecule has 5 nitrogen and oxygen atoms in total. The summed E-state index contributed by atoms with van der Waals surface area (Å²) in [5.74, 6) is 0.982. The van der Waals surface area contributed by atoms with Gasteiger partial charge in [-0.1, -0.05) is 13.0 Å². The van der Waals surface area contributed by atoms with Crippen molar-refractivity contribution >= 4 is 12.2 Å². The summed E-state index contributed by atoms with van der Waals surface area (Å²) in [6.45, 7) is 7.29. The maximum Gasteiger partial charge on any atom is 0.209 e. The number of piperazine rings is 1. The summed E-state index contributed by atoms with van der Waals surface area (Å²) in [7, 11) is 0. The van der Waals surface area contributed by atoms with Gasteiger partial charge in [0.1, 0.15) is 5.82 Å². The fourth-order valence-corrected chi connectivity index (χ4v) is 2.40. The highest BCUT2D eigenvalue weighted by Crippen LogP contribution is 2.21. The first-order valence-corrected chi connectivity index (χ1v) is 6.83. The minimum atomic E-state index is 0.0634. The van der Waals surface area contributed by atoms with E-state index in [1.807, 2.05) is 13.0 Å². The molecule has 2 rings (SSSR count). The molecule has 104 valence electrons. The number of carbonyl (C=O) groups excluding carboxylic acids is 1. The lowest BCUT2D eigenvalue weighted by Gasteiger charge is -2.33. The zero-order valence-electron chi connectivity index (χ0n) is 11.7. The zero-order valence-corrected chi connectivity index (χ0v) is 11.7. The monoisotopic (exact) mass is 262 g/mol. The smallest absolute Gasteiger partial charge is 0.209 e. The molecule has 1 aliphatic heterocycles. The van der Waals surface area contributed by atoms with Crippen LogP contribution in [-0.4, -0.2) is 42.5 Å². The van der Waals surface area contributed by atoms with Gasteiger partial charge in [-0.05, 0) is 25.0 Å². The molecule has 1 fully saturated rings. The van der Waals surface area contributed by atoms with Crippen molar-refractivity contribution in [2.24, 2.45) is 5.73 Å². The molecule has 1 atom stereocenters. The van der Waals surface area contributed by atoms with E-state index < -0.39 is 0 Å². The van der Waals surface area contributed by atoms with Gasteiger partial charge < -0.3 is 15.5 Å². The summed E-state index contributed by atoms with van der Waals surface area (Å²) >= 11 is 0. The van der Waals surface area contributed by atoms with Gasteiger partial charge in [-0.25, -0.2) is 4.98 Å². The molecule has 0 aromatic carbocycles. The molecule has 1 saturated heterocycles. The minimum Gasteiger partial charge on any atom is -0.353 e. The van der Waals surface area contributed by atoms with Gasteiger partial charge in [0.2, 0.25) is 6.41 Å². The molecule has 1 aliphatic rings. The first-order valence-electron chi connectivity index (χ1n) is 6.83. The second-order valence-corrected chi connectivity index (χ2v) is 4.99. The van der Waals surface area contributed by atoms with Gasteiger partial charge in [0.25, 0.3) is 0 Å². The van der Waals surface area contributed by atoms with Crippen molar-refractivity contribution in [3.05, 3.63) is 23.4 Å². The molecule has 19 heavy (non-hydrogen) atoms. The van der Waals surface area contributed by atoms with Gasteiger partial charge in [0.15, 0.2) is 0 Å². The molecule has 2 heterocycles. The van der Waals surface area contributed by atoms with Crippen LogP contribution >= 0.6 is 0 Å². The average Bonchev–Trinajstić information content (AvgIpc) is 2.46. The Kier molecular flexibility index (Phi) is 4.37. The number of hydrogen-bond donors (Lipinski definition) is 1. The summed E-state index contributed by atoms with van der Waals surface area (Å²) in [6.07, 6.45) is 1.83. The van der Waals surface area contributed by atoms with Gasteiger partial charge in [-0.15, -0.1) is 0 Å². The molecule has 0 spiro atoms. The van der Waals surface area contributed by atoms with Crippen molar-refractivity contribution in [3.63, 3.8) is 0 Å². The second-order valence-electron chi connectivity index (χ2n) is 4.99. The Balaban J connectivity index is 2.10. The number of nitrogens with two attached hydrogens (primary N) is 1. The lowest BCUT2D eigenvalue weighted by atomic mass is 10.0. The maximum atomic E-state index is 10.7. The molecule has 1 amide bonds. The molecule has 5 heteroatoms. The van der Waals surface area contributed by atoms with Crippen LogP contribution < -0.4 is 10.6 Å². The molecule has 0 unspecified atom stereocenters. The number of nitrogens with zero attached hydrogens (tertiary/aromatic N) is 3. The van der Waals surface area contributed by atoms with E-state index in [4.69, 9.17) is 5.73 Å². The number of hydrogen-bond acceptors (Lipinski definition) is 4. The van der Waals surface area contributed by atoms with Crippen LogP contribution in [0, 0.1) is 6.92 Å². The predicted octanol–water partition coefficient (Wildman–Crippen LogP) is 1.08. The van der Waals surface area contributed by atoms with Gasteiger partial charge in [-0.2, -0.15) is 0 Å². The third kappa shape index (κ3) is 3.04. The van der Waals surface area contributed by atoms with Crippen LogP contribution in [0.5, 0.6) is 0 Å². The van der Waals surface area contributed by atoms with Crippen molar-refractivity contribution in [3.8, 4) is 0 Å². The van der Waals surface area contributed by atoms with E-state index in [0.717, 1.165) is 56.1 Å². The third-order valence-corrected chi connectivity index (χ3v) is 3.74. The highest BCUT2D eigenvalue weighted by molar-refractivity contribution is 5.49. The molecular weight excluding hydrogens is 240 g/mol. The van der Waals surface area contributed by atoms with Crippen LogP contribution in [0.4, 0.5) is 5.82 Å².